The van der Waals surface area contributed by atoms with Crippen LogP contribution in [0.3, 0.4) is 0 Å². The maximum atomic E-state index is 13.5. The molecule has 0 N–H and O–H groups in total. The first kappa shape index (κ1) is 28.7. The molecule has 0 saturated carbocycles. The number of methoxy groups -OCH3 is 2. The van der Waals surface area contributed by atoms with Crippen LogP contribution in [0.5, 0.6) is 11.5 Å². The lowest BCUT2D eigenvalue weighted by Gasteiger charge is -2.38. The number of hydrogen-bond donors (Lipinski definition) is 0. The normalized spacial score (nSPS) is 20.5. The highest BCUT2D eigenvalue weighted by atomic mass is 32.2. The summed E-state index contributed by atoms with van der Waals surface area (Å²) in [5.74, 6) is 1.72. The summed E-state index contributed by atoms with van der Waals surface area (Å²) in [5, 5.41) is 9.74. The standard InChI is InChI=1S/C28H32N4O5S2/c1-16-14-31(15-17(2)37-16)25-20(18(3)21(13-29)26(33)30(25)4)12-24-27(34)32(28(38)39-24)10-9-19-7-8-22(35-5)23(11-19)36-6/h7-8,11-12,16-17H,9-10,14-15H2,1-6H3/b24-12-. The second-order valence-electron chi connectivity index (χ2n) is 9.65. The molecule has 0 spiro atoms. The summed E-state index contributed by atoms with van der Waals surface area (Å²) in [5.41, 5.74) is 1.88. The van der Waals surface area contributed by atoms with E-state index in [1.807, 2.05) is 38.1 Å². The SMILES string of the molecule is COc1ccc(CCN2C(=O)/C(=C/c3c(C)c(C#N)c(=O)n(C)c3N3CC(C)OC(C)C3)SC2=S)cc1OC. The first-order valence-corrected chi connectivity index (χ1v) is 13.8. The zero-order valence-electron chi connectivity index (χ0n) is 22.9. The number of benzene rings is 1. The minimum atomic E-state index is -0.364. The molecule has 1 aromatic heterocycles. The fourth-order valence-electron chi connectivity index (χ4n) is 5.05. The number of thiocarbonyl (C=S) groups is 1. The van der Waals surface area contributed by atoms with Crippen LogP contribution in [0.15, 0.2) is 27.9 Å². The van der Waals surface area contributed by atoms with Crippen molar-refractivity contribution >= 4 is 46.1 Å². The van der Waals surface area contributed by atoms with Gasteiger partial charge in [0.1, 0.15) is 21.8 Å². The minimum absolute atomic E-state index is 0.0394. The van der Waals surface area contributed by atoms with Gasteiger partial charge in [0.15, 0.2) is 11.5 Å². The number of amides is 1. The molecule has 0 radical (unpaired) electrons. The molecule has 9 nitrogen and oxygen atoms in total. The Kier molecular flexibility index (Phi) is 8.69. The number of hydrogen-bond acceptors (Lipinski definition) is 9. The number of morpholine rings is 1. The van der Waals surface area contributed by atoms with Gasteiger partial charge in [0, 0.05) is 32.2 Å². The van der Waals surface area contributed by atoms with Crippen LogP contribution in [-0.2, 0) is 23.0 Å². The number of nitrogens with zero attached hydrogens (tertiary/aromatic N) is 4. The average Bonchev–Trinajstić information content (AvgIpc) is 3.17. The van der Waals surface area contributed by atoms with Crippen LogP contribution >= 0.6 is 24.0 Å². The topological polar surface area (TPSA) is 97.0 Å². The highest BCUT2D eigenvalue weighted by Crippen LogP contribution is 2.36. The summed E-state index contributed by atoms with van der Waals surface area (Å²) in [4.78, 5) is 30.7. The van der Waals surface area contributed by atoms with Crippen LogP contribution in [0, 0.1) is 18.3 Å². The molecule has 4 rings (SSSR count). The van der Waals surface area contributed by atoms with Crippen molar-refractivity contribution in [2.45, 2.75) is 39.4 Å². The van der Waals surface area contributed by atoms with Crippen molar-refractivity contribution in [2.75, 3.05) is 38.8 Å². The largest absolute Gasteiger partial charge is 0.493 e. The summed E-state index contributed by atoms with van der Waals surface area (Å²) in [6.07, 6.45) is 2.27. The molecule has 2 aromatic rings. The van der Waals surface area contributed by atoms with Crippen LogP contribution in [-0.4, -0.2) is 65.8 Å². The number of rotatable bonds is 7. The van der Waals surface area contributed by atoms with Gasteiger partial charge in [0.25, 0.3) is 11.5 Å². The van der Waals surface area contributed by atoms with E-state index in [4.69, 9.17) is 26.4 Å². The third-order valence-corrected chi connectivity index (χ3v) is 8.29. The number of pyridine rings is 1. The molecule has 2 unspecified atom stereocenters. The van der Waals surface area contributed by atoms with Crippen LogP contribution in [0.2, 0.25) is 0 Å². The van der Waals surface area contributed by atoms with E-state index < -0.39 is 0 Å². The predicted molar refractivity (Wildman–Crippen MR) is 156 cm³/mol. The van der Waals surface area contributed by atoms with Gasteiger partial charge in [-0.05, 0) is 56.5 Å². The van der Waals surface area contributed by atoms with E-state index in [9.17, 15) is 14.9 Å². The molecule has 0 aliphatic carbocycles. The Balaban J connectivity index is 1.68. The smallest absolute Gasteiger partial charge is 0.270 e. The van der Waals surface area contributed by atoms with Crippen molar-refractivity contribution in [2.24, 2.45) is 7.05 Å². The van der Waals surface area contributed by atoms with Crippen molar-refractivity contribution in [3.63, 3.8) is 0 Å². The van der Waals surface area contributed by atoms with Gasteiger partial charge in [-0.15, -0.1) is 0 Å². The fraction of sp³-hybridized carbons (Fsp3) is 0.429. The number of nitriles is 1. The van der Waals surface area contributed by atoms with Crippen LogP contribution in [0.1, 0.15) is 36.1 Å². The predicted octanol–water partition coefficient (Wildman–Crippen LogP) is 3.64. The van der Waals surface area contributed by atoms with Crippen molar-refractivity contribution in [3.05, 3.63) is 55.7 Å². The van der Waals surface area contributed by atoms with Crippen molar-refractivity contribution in [3.8, 4) is 17.6 Å². The van der Waals surface area contributed by atoms with Gasteiger partial charge >= 0.3 is 0 Å². The second kappa shape index (κ2) is 11.8. The Morgan fingerprint density at radius 1 is 1.18 bits per heavy atom. The van der Waals surface area contributed by atoms with Gasteiger partial charge in [-0.3, -0.25) is 19.1 Å². The summed E-state index contributed by atoms with van der Waals surface area (Å²) in [7, 11) is 4.83. The Bertz CT molecular complexity index is 1430. The number of ether oxygens (including phenoxy) is 3. The molecule has 2 saturated heterocycles. The van der Waals surface area contributed by atoms with Crippen LogP contribution in [0.4, 0.5) is 5.82 Å². The zero-order chi connectivity index (χ0) is 28.4. The number of carbonyl (C=O) groups excluding carboxylic acids is 1. The Morgan fingerprint density at radius 3 is 2.46 bits per heavy atom. The second-order valence-corrected chi connectivity index (χ2v) is 11.3. The lowest BCUT2D eigenvalue weighted by atomic mass is 10.0. The van der Waals surface area contributed by atoms with Gasteiger partial charge in [-0.2, -0.15) is 5.26 Å². The van der Waals surface area contributed by atoms with Crippen LogP contribution in [0.25, 0.3) is 6.08 Å². The fourth-order valence-corrected chi connectivity index (χ4v) is 6.34. The molecule has 39 heavy (non-hydrogen) atoms. The average molecular weight is 569 g/mol. The van der Waals surface area contributed by atoms with E-state index in [0.29, 0.717) is 63.7 Å². The van der Waals surface area contributed by atoms with Gasteiger partial charge in [0.2, 0.25) is 0 Å². The summed E-state index contributed by atoms with van der Waals surface area (Å²) >= 11 is 6.80. The molecule has 206 valence electrons. The lowest BCUT2D eigenvalue weighted by molar-refractivity contribution is -0.122. The Labute approximate surface area is 237 Å². The Hall–Kier alpha value is -3.33. The van der Waals surface area contributed by atoms with Gasteiger partial charge < -0.3 is 19.1 Å². The molecule has 2 aliphatic heterocycles. The van der Waals surface area contributed by atoms with E-state index >= 15 is 0 Å². The number of carbonyl (C=O) groups is 1. The highest BCUT2D eigenvalue weighted by molar-refractivity contribution is 8.26. The number of anilines is 1. The van der Waals surface area contributed by atoms with Gasteiger partial charge in [-0.25, -0.2) is 0 Å². The third-order valence-electron chi connectivity index (χ3n) is 6.91. The maximum Gasteiger partial charge on any atom is 0.270 e. The molecule has 2 aliphatic rings. The van der Waals surface area contributed by atoms with E-state index in [-0.39, 0.29) is 29.2 Å². The Morgan fingerprint density at radius 2 is 1.85 bits per heavy atom. The van der Waals surface area contributed by atoms with E-state index in [2.05, 4.69) is 4.90 Å². The highest BCUT2D eigenvalue weighted by Gasteiger charge is 2.34. The minimum Gasteiger partial charge on any atom is -0.493 e. The molecule has 2 atom stereocenters. The number of aromatic nitrogens is 1. The first-order valence-electron chi connectivity index (χ1n) is 12.6. The molecular weight excluding hydrogens is 536 g/mol. The third kappa shape index (κ3) is 5.69. The van der Waals surface area contributed by atoms with E-state index in [0.717, 1.165) is 5.56 Å². The van der Waals surface area contributed by atoms with Crippen LogP contribution < -0.4 is 19.9 Å². The van der Waals surface area contributed by atoms with Crippen molar-refractivity contribution in [1.82, 2.24) is 9.47 Å². The maximum absolute atomic E-state index is 13.5. The molecular formula is C28H32N4O5S2. The lowest BCUT2D eigenvalue weighted by Crippen LogP contribution is -2.47. The van der Waals surface area contributed by atoms with Crippen molar-refractivity contribution in [1.29, 1.82) is 5.26 Å². The molecule has 2 fully saturated rings. The van der Waals surface area contributed by atoms with Gasteiger partial charge in [0.05, 0.1) is 31.3 Å². The van der Waals surface area contributed by atoms with E-state index in [1.165, 1.54) is 16.3 Å². The van der Waals surface area contributed by atoms with E-state index in [1.54, 1.807) is 39.2 Å². The molecule has 11 heteroatoms. The molecule has 0 bridgehead atoms. The van der Waals surface area contributed by atoms with Gasteiger partial charge in [-0.1, -0.05) is 30.0 Å². The van der Waals surface area contributed by atoms with Crippen molar-refractivity contribution < 1.29 is 19.0 Å². The number of thioether (sulfide) groups is 1. The molecule has 1 aromatic carbocycles. The summed E-state index contributed by atoms with van der Waals surface area (Å²) in [6.45, 7) is 7.28. The summed E-state index contributed by atoms with van der Waals surface area (Å²) in [6, 6.07) is 7.71. The zero-order valence-corrected chi connectivity index (χ0v) is 24.6. The monoisotopic (exact) mass is 568 g/mol. The molecule has 1 amide bonds. The molecule has 3 heterocycles. The summed E-state index contributed by atoms with van der Waals surface area (Å²) < 4.78 is 18.6. The quantitative estimate of drug-likeness (QED) is 0.366. The first-order chi connectivity index (χ1) is 18.6.